The molecule has 1 aromatic rings. The Bertz CT molecular complexity index is 412. The molecule has 0 aliphatic carbocycles. The molecule has 3 nitrogen and oxygen atoms in total. The second kappa shape index (κ2) is 8.42. The Kier molecular flexibility index (Phi) is 6.72. The van der Waals surface area contributed by atoms with Gasteiger partial charge >= 0.3 is 0 Å². The van der Waals surface area contributed by atoms with E-state index in [0.717, 1.165) is 24.1 Å². The molecule has 0 amide bonds. The van der Waals surface area contributed by atoms with Crippen molar-refractivity contribution in [1.29, 1.82) is 0 Å². The maximum Gasteiger partial charge on any atom is 0.187 e. The highest BCUT2D eigenvalue weighted by atomic mass is 32.1. The normalized spacial score (nSPS) is 10.8. The van der Waals surface area contributed by atoms with Crippen LogP contribution in [0.3, 0.4) is 0 Å². The maximum absolute atomic E-state index is 5.09. The number of nitrogens with one attached hydrogen (secondary N) is 2. The van der Waals surface area contributed by atoms with Gasteiger partial charge in [0.25, 0.3) is 0 Å². The first-order valence-corrected chi connectivity index (χ1v) is 6.45. The minimum atomic E-state index is 0.513. The van der Waals surface area contributed by atoms with Crippen molar-refractivity contribution < 1.29 is 0 Å². The average molecular weight is 261 g/mol. The van der Waals surface area contributed by atoms with E-state index < -0.39 is 0 Å². The van der Waals surface area contributed by atoms with E-state index in [0.29, 0.717) is 11.7 Å². The molecule has 2 N–H and O–H groups in total. The molecule has 0 fully saturated rings. The summed E-state index contributed by atoms with van der Waals surface area (Å²) in [4.78, 5) is 0. The van der Waals surface area contributed by atoms with Crippen molar-refractivity contribution in [3.05, 3.63) is 48.6 Å². The highest BCUT2D eigenvalue weighted by molar-refractivity contribution is 7.80. The molecule has 0 spiro atoms. The van der Waals surface area contributed by atoms with E-state index in [4.69, 9.17) is 12.2 Å². The SMILES string of the molecule is C=CCNC(=S)N/N=C(/CCC)c1ccccc1. The maximum atomic E-state index is 5.09. The van der Waals surface area contributed by atoms with Crippen molar-refractivity contribution in [2.75, 3.05) is 6.54 Å². The molecule has 0 unspecified atom stereocenters. The molecule has 96 valence electrons. The van der Waals surface area contributed by atoms with Crippen LogP contribution in [0.25, 0.3) is 0 Å². The Hall–Kier alpha value is -1.68. The second-order valence-corrected chi connectivity index (χ2v) is 4.19. The van der Waals surface area contributed by atoms with Crippen molar-refractivity contribution in [1.82, 2.24) is 10.7 Å². The lowest BCUT2D eigenvalue weighted by Crippen LogP contribution is -2.32. The van der Waals surface area contributed by atoms with Gasteiger partial charge in [-0.3, -0.25) is 5.43 Å². The summed E-state index contributed by atoms with van der Waals surface area (Å²) >= 11 is 5.09. The molecule has 18 heavy (non-hydrogen) atoms. The predicted octanol–water partition coefficient (Wildman–Crippen LogP) is 2.84. The summed E-state index contributed by atoms with van der Waals surface area (Å²) in [5.41, 5.74) is 5.00. The third kappa shape index (κ3) is 5.10. The van der Waals surface area contributed by atoms with Crippen LogP contribution in [0, 0.1) is 0 Å². The van der Waals surface area contributed by atoms with Crippen LogP contribution in [0.15, 0.2) is 48.1 Å². The van der Waals surface area contributed by atoms with E-state index >= 15 is 0 Å². The first-order chi connectivity index (χ1) is 8.77. The molecule has 0 aliphatic heterocycles. The fourth-order valence-corrected chi connectivity index (χ4v) is 1.58. The highest BCUT2D eigenvalue weighted by Gasteiger charge is 2.02. The summed E-state index contributed by atoms with van der Waals surface area (Å²) in [7, 11) is 0. The molecule has 0 saturated heterocycles. The molecular weight excluding hydrogens is 242 g/mol. The standard InChI is InChI=1S/C14H19N3S/c1-3-8-13(12-9-6-5-7-10-12)16-17-14(18)15-11-4-2/h4-7,9-10H,2-3,8,11H2,1H3,(H2,15,17,18)/b16-13-. The number of hydrogen-bond donors (Lipinski definition) is 2. The number of rotatable bonds is 6. The monoisotopic (exact) mass is 261 g/mol. The van der Waals surface area contributed by atoms with Crippen molar-refractivity contribution in [2.24, 2.45) is 5.10 Å². The fourth-order valence-electron chi connectivity index (χ4n) is 1.45. The number of benzene rings is 1. The van der Waals surface area contributed by atoms with Gasteiger partial charge in [0.2, 0.25) is 0 Å². The summed E-state index contributed by atoms with van der Waals surface area (Å²) in [6.45, 7) is 6.39. The Morgan fingerprint density at radius 2 is 2.11 bits per heavy atom. The number of nitrogens with zero attached hydrogens (tertiary/aromatic N) is 1. The van der Waals surface area contributed by atoms with Crippen LogP contribution in [0.2, 0.25) is 0 Å². The van der Waals surface area contributed by atoms with Crippen molar-refractivity contribution in [2.45, 2.75) is 19.8 Å². The van der Waals surface area contributed by atoms with Crippen LogP contribution < -0.4 is 10.7 Å². The topological polar surface area (TPSA) is 36.4 Å². The van der Waals surface area contributed by atoms with Gasteiger partial charge in [-0.05, 0) is 24.2 Å². The lowest BCUT2D eigenvalue weighted by Gasteiger charge is -2.08. The lowest BCUT2D eigenvalue weighted by molar-refractivity contribution is 0.913. The number of hydrazone groups is 1. The van der Waals surface area contributed by atoms with E-state index in [2.05, 4.69) is 41.5 Å². The van der Waals surface area contributed by atoms with Gasteiger partial charge in [-0.15, -0.1) is 6.58 Å². The molecule has 1 aromatic carbocycles. The van der Waals surface area contributed by atoms with Crippen LogP contribution in [0.4, 0.5) is 0 Å². The first-order valence-electron chi connectivity index (χ1n) is 6.04. The zero-order valence-electron chi connectivity index (χ0n) is 10.6. The van der Waals surface area contributed by atoms with Gasteiger partial charge in [0.1, 0.15) is 0 Å². The molecule has 4 heteroatoms. The zero-order valence-corrected chi connectivity index (χ0v) is 11.5. The van der Waals surface area contributed by atoms with E-state index in [9.17, 15) is 0 Å². The third-order valence-corrected chi connectivity index (χ3v) is 2.53. The Balaban J connectivity index is 2.67. The summed E-state index contributed by atoms with van der Waals surface area (Å²) in [6.07, 6.45) is 3.71. The van der Waals surface area contributed by atoms with E-state index in [1.807, 2.05) is 18.2 Å². The minimum absolute atomic E-state index is 0.513. The van der Waals surface area contributed by atoms with Gasteiger partial charge in [0.15, 0.2) is 5.11 Å². The van der Waals surface area contributed by atoms with E-state index in [-0.39, 0.29) is 0 Å². The molecule has 0 radical (unpaired) electrons. The zero-order chi connectivity index (χ0) is 13.2. The fraction of sp³-hybridized carbons (Fsp3) is 0.286. The van der Waals surface area contributed by atoms with Crippen LogP contribution in [-0.4, -0.2) is 17.4 Å². The molecule has 0 aromatic heterocycles. The Morgan fingerprint density at radius 1 is 1.39 bits per heavy atom. The first kappa shape index (κ1) is 14.4. The average Bonchev–Trinajstić information content (AvgIpc) is 2.42. The third-order valence-electron chi connectivity index (χ3n) is 2.29. The van der Waals surface area contributed by atoms with E-state index in [1.54, 1.807) is 6.08 Å². The lowest BCUT2D eigenvalue weighted by atomic mass is 10.1. The predicted molar refractivity (Wildman–Crippen MR) is 81.8 cm³/mol. The van der Waals surface area contributed by atoms with Crippen molar-refractivity contribution in [3.8, 4) is 0 Å². The number of thiocarbonyl (C=S) groups is 1. The van der Waals surface area contributed by atoms with Crippen LogP contribution in [0.5, 0.6) is 0 Å². The molecule has 0 aliphatic rings. The van der Waals surface area contributed by atoms with Crippen molar-refractivity contribution in [3.63, 3.8) is 0 Å². The van der Waals surface area contributed by atoms with Gasteiger partial charge in [-0.2, -0.15) is 5.10 Å². The largest absolute Gasteiger partial charge is 0.358 e. The van der Waals surface area contributed by atoms with Gasteiger partial charge in [0.05, 0.1) is 5.71 Å². The summed E-state index contributed by atoms with van der Waals surface area (Å²) < 4.78 is 0. The Labute approximate surface area is 114 Å². The quantitative estimate of drug-likeness (QED) is 0.358. The van der Waals surface area contributed by atoms with E-state index in [1.165, 1.54) is 0 Å². The van der Waals surface area contributed by atoms with Crippen molar-refractivity contribution >= 4 is 23.0 Å². The summed E-state index contributed by atoms with van der Waals surface area (Å²) in [5, 5.41) is 7.85. The van der Waals surface area contributed by atoms with Gasteiger partial charge in [-0.1, -0.05) is 49.8 Å². The second-order valence-electron chi connectivity index (χ2n) is 3.79. The van der Waals surface area contributed by atoms with Gasteiger partial charge in [0, 0.05) is 6.54 Å². The molecular formula is C14H19N3S. The number of hydrogen-bond acceptors (Lipinski definition) is 2. The highest BCUT2D eigenvalue weighted by Crippen LogP contribution is 2.05. The van der Waals surface area contributed by atoms with Crippen LogP contribution in [-0.2, 0) is 0 Å². The molecule has 0 bridgehead atoms. The minimum Gasteiger partial charge on any atom is -0.358 e. The van der Waals surface area contributed by atoms with Crippen LogP contribution >= 0.6 is 12.2 Å². The molecule has 0 atom stereocenters. The molecule has 0 heterocycles. The summed E-state index contributed by atoms with van der Waals surface area (Å²) in [6, 6.07) is 10.1. The smallest absolute Gasteiger partial charge is 0.187 e. The molecule has 0 saturated carbocycles. The van der Waals surface area contributed by atoms with Gasteiger partial charge in [-0.25, -0.2) is 0 Å². The molecule has 1 rings (SSSR count). The van der Waals surface area contributed by atoms with Crippen LogP contribution in [0.1, 0.15) is 25.3 Å². The summed E-state index contributed by atoms with van der Waals surface area (Å²) in [5.74, 6) is 0. The Morgan fingerprint density at radius 3 is 2.72 bits per heavy atom. The van der Waals surface area contributed by atoms with Gasteiger partial charge < -0.3 is 5.32 Å².